The van der Waals surface area contributed by atoms with Crippen LogP contribution in [-0.4, -0.2) is 49.9 Å². The molecule has 0 aliphatic heterocycles. The predicted octanol–water partition coefficient (Wildman–Crippen LogP) is 11.2. The van der Waals surface area contributed by atoms with Crippen molar-refractivity contribution in [3.8, 4) is 0 Å². The molecule has 2 unspecified atom stereocenters. The Hall–Kier alpha value is -2.06. The summed E-state index contributed by atoms with van der Waals surface area (Å²) in [5.41, 5.74) is 5.35. The lowest BCUT2D eigenvalue weighted by Crippen LogP contribution is -2.28. The van der Waals surface area contributed by atoms with Crippen molar-refractivity contribution in [3.05, 3.63) is 72.9 Å². The van der Waals surface area contributed by atoms with E-state index < -0.39 is 13.9 Å². The number of phosphoric acid groups is 1. The molecular formula is C41H72NO7P. The number of rotatable bonds is 36. The van der Waals surface area contributed by atoms with Crippen molar-refractivity contribution in [2.45, 2.75) is 148 Å². The molecule has 0 spiro atoms. The molecule has 0 fully saturated rings. The summed E-state index contributed by atoms with van der Waals surface area (Å²) < 4.78 is 33.2. The van der Waals surface area contributed by atoms with E-state index in [0.29, 0.717) is 13.0 Å². The molecule has 0 saturated carbocycles. The number of esters is 1. The quantitative estimate of drug-likeness (QED) is 0.0284. The summed E-state index contributed by atoms with van der Waals surface area (Å²) in [5, 5.41) is 0. The van der Waals surface area contributed by atoms with Crippen LogP contribution < -0.4 is 5.73 Å². The molecular weight excluding hydrogens is 649 g/mol. The minimum atomic E-state index is -4.29. The minimum absolute atomic E-state index is 0.0740. The number of carbonyl (C=O) groups is 1. The molecule has 0 aliphatic rings. The number of unbranched alkanes of at least 4 members (excludes halogenated alkanes) is 11. The normalized spacial score (nSPS) is 14.4. The fourth-order valence-electron chi connectivity index (χ4n) is 4.83. The maximum Gasteiger partial charge on any atom is 0.472 e. The van der Waals surface area contributed by atoms with Gasteiger partial charge < -0.3 is 20.1 Å². The standard InChI is InChI=1S/C41H72NO7P/c1-3-5-7-9-11-13-15-16-17-18-19-20-21-22-23-25-27-29-31-33-36-46-38-40(39-48-50(44,45)47-37-35-42)49-41(43)34-32-30-28-26-24-14-12-10-8-6-4-2/h5,7,11,13,16-17,19-20,22-23,27,29,40H,3-4,6,8-10,12,14-15,18,21,24-26,28,30-39,42H2,1-2H3,(H,44,45)/b7-5-,13-11-,17-16-,20-19-,23-22-,29-27-. The van der Waals surface area contributed by atoms with Gasteiger partial charge in [-0.3, -0.25) is 13.8 Å². The van der Waals surface area contributed by atoms with Gasteiger partial charge in [-0.05, 0) is 57.8 Å². The average Bonchev–Trinajstić information content (AvgIpc) is 3.10. The molecule has 3 N–H and O–H groups in total. The largest absolute Gasteiger partial charge is 0.472 e. The fourth-order valence-corrected chi connectivity index (χ4v) is 5.60. The second kappa shape index (κ2) is 38.2. The zero-order chi connectivity index (χ0) is 36.6. The van der Waals surface area contributed by atoms with E-state index in [1.165, 1.54) is 51.4 Å². The van der Waals surface area contributed by atoms with Crippen molar-refractivity contribution in [2.75, 3.05) is 33.0 Å². The SMILES string of the molecule is CC/C=C\C/C=C\C/C=C\C/C=C\C/C=C\C/C=C\CCCOCC(COP(=O)(O)OCCN)OC(=O)CCCCCCCCCCCCC. The highest BCUT2D eigenvalue weighted by Crippen LogP contribution is 2.43. The van der Waals surface area contributed by atoms with Gasteiger partial charge in [0.1, 0.15) is 6.10 Å². The third kappa shape index (κ3) is 37.2. The highest BCUT2D eigenvalue weighted by molar-refractivity contribution is 7.47. The third-order valence-corrected chi connectivity index (χ3v) is 8.62. The smallest absolute Gasteiger partial charge is 0.457 e. The molecule has 2 atom stereocenters. The Morgan fingerprint density at radius 1 is 0.620 bits per heavy atom. The number of carbonyl (C=O) groups excluding carboxylic acids is 1. The van der Waals surface area contributed by atoms with Gasteiger partial charge in [-0.15, -0.1) is 0 Å². The molecule has 0 heterocycles. The Bertz CT molecular complexity index is 989. The number of allylic oxidation sites excluding steroid dienone is 12. The van der Waals surface area contributed by atoms with Gasteiger partial charge in [0.2, 0.25) is 0 Å². The van der Waals surface area contributed by atoms with Crippen LogP contribution in [-0.2, 0) is 27.9 Å². The number of hydrogen-bond acceptors (Lipinski definition) is 7. The molecule has 0 aromatic heterocycles. The first kappa shape index (κ1) is 47.9. The Balaban J connectivity index is 4.20. The lowest BCUT2D eigenvalue weighted by atomic mass is 10.1. The monoisotopic (exact) mass is 722 g/mol. The summed E-state index contributed by atoms with van der Waals surface area (Å²) >= 11 is 0. The zero-order valence-corrected chi connectivity index (χ0v) is 32.5. The van der Waals surface area contributed by atoms with Crippen molar-refractivity contribution < 1.29 is 32.8 Å². The van der Waals surface area contributed by atoms with Crippen LogP contribution in [0.1, 0.15) is 142 Å². The van der Waals surface area contributed by atoms with Crippen LogP contribution in [0.15, 0.2) is 72.9 Å². The minimum Gasteiger partial charge on any atom is -0.457 e. The molecule has 0 radical (unpaired) electrons. The summed E-state index contributed by atoms with van der Waals surface area (Å²) in [7, 11) is -4.29. The summed E-state index contributed by atoms with van der Waals surface area (Å²) in [6.45, 7) is 4.61. The van der Waals surface area contributed by atoms with E-state index in [2.05, 4.69) is 86.8 Å². The fraction of sp³-hybridized carbons (Fsp3) is 0.683. The molecule has 8 nitrogen and oxygen atoms in total. The molecule has 0 amide bonds. The second-order valence-electron chi connectivity index (χ2n) is 12.4. The maximum absolute atomic E-state index is 12.5. The van der Waals surface area contributed by atoms with E-state index in [-0.39, 0.29) is 32.3 Å². The van der Waals surface area contributed by atoms with Crippen LogP contribution in [0.2, 0.25) is 0 Å². The lowest BCUT2D eigenvalue weighted by molar-refractivity contribution is -0.154. The molecule has 0 aromatic rings. The highest BCUT2D eigenvalue weighted by atomic mass is 31.2. The molecule has 50 heavy (non-hydrogen) atoms. The Kier molecular flexibility index (Phi) is 36.6. The van der Waals surface area contributed by atoms with Gasteiger partial charge in [-0.2, -0.15) is 0 Å². The summed E-state index contributed by atoms with van der Waals surface area (Å²) in [5.74, 6) is -0.355. The van der Waals surface area contributed by atoms with E-state index in [1.807, 2.05) is 0 Å². The van der Waals surface area contributed by atoms with E-state index in [4.69, 9.17) is 24.3 Å². The molecule has 0 aromatic carbocycles. The molecule has 0 bridgehead atoms. The first-order valence-corrected chi connectivity index (χ1v) is 20.9. The van der Waals surface area contributed by atoms with Crippen LogP contribution in [0, 0.1) is 0 Å². The molecule has 0 aliphatic carbocycles. The van der Waals surface area contributed by atoms with Crippen LogP contribution >= 0.6 is 7.82 Å². The molecule has 0 saturated heterocycles. The Morgan fingerprint density at radius 3 is 1.60 bits per heavy atom. The summed E-state index contributed by atoms with van der Waals surface area (Å²) in [6.07, 6.45) is 46.4. The number of nitrogens with two attached hydrogens (primary N) is 1. The molecule has 288 valence electrons. The van der Waals surface area contributed by atoms with Crippen LogP contribution in [0.5, 0.6) is 0 Å². The lowest BCUT2D eigenvalue weighted by Gasteiger charge is -2.20. The van der Waals surface area contributed by atoms with E-state index in [0.717, 1.165) is 70.6 Å². The number of ether oxygens (including phenoxy) is 2. The van der Waals surface area contributed by atoms with Crippen molar-refractivity contribution in [3.63, 3.8) is 0 Å². The van der Waals surface area contributed by atoms with E-state index in [1.54, 1.807) is 0 Å². The van der Waals surface area contributed by atoms with Crippen molar-refractivity contribution in [1.29, 1.82) is 0 Å². The number of phosphoric ester groups is 1. The second-order valence-corrected chi connectivity index (χ2v) is 13.9. The van der Waals surface area contributed by atoms with Crippen LogP contribution in [0.25, 0.3) is 0 Å². The first-order valence-electron chi connectivity index (χ1n) is 19.4. The van der Waals surface area contributed by atoms with Crippen molar-refractivity contribution in [1.82, 2.24) is 0 Å². The van der Waals surface area contributed by atoms with Crippen LogP contribution in [0.4, 0.5) is 0 Å². The summed E-state index contributed by atoms with van der Waals surface area (Å²) in [4.78, 5) is 22.3. The first-order chi connectivity index (χ1) is 24.4. The van der Waals surface area contributed by atoms with E-state index >= 15 is 0 Å². The van der Waals surface area contributed by atoms with E-state index in [9.17, 15) is 14.3 Å². The average molecular weight is 722 g/mol. The van der Waals surface area contributed by atoms with Crippen molar-refractivity contribution >= 4 is 13.8 Å². The Labute approximate surface area is 305 Å². The maximum atomic E-state index is 12.5. The van der Waals surface area contributed by atoms with Gasteiger partial charge in [0.25, 0.3) is 0 Å². The molecule has 9 heteroatoms. The topological polar surface area (TPSA) is 117 Å². The predicted molar refractivity (Wildman–Crippen MR) is 210 cm³/mol. The van der Waals surface area contributed by atoms with Gasteiger partial charge in [0.15, 0.2) is 0 Å². The van der Waals surface area contributed by atoms with Gasteiger partial charge in [-0.25, -0.2) is 4.57 Å². The number of hydrogen-bond donors (Lipinski definition) is 2. The third-order valence-electron chi connectivity index (χ3n) is 7.64. The van der Waals surface area contributed by atoms with Gasteiger partial charge in [0.05, 0.1) is 19.8 Å². The van der Waals surface area contributed by atoms with Crippen molar-refractivity contribution in [2.24, 2.45) is 5.73 Å². The highest BCUT2D eigenvalue weighted by Gasteiger charge is 2.25. The van der Waals surface area contributed by atoms with Gasteiger partial charge >= 0.3 is 13.8 Å². The van der Waals surface area contributed by atoms with Crippen LogP contribution in [0.3, 0.4) is 0 Å². The Morgan fingerprint density at radius 2 is 1.10 bits per heavy atom. The molecule has 0 rings (SSSR count). The van der Waals surface area contributed by atoms with Gasteiger partial charge in [-0.1, -0.05) is 151 Å². The zero-order valence-electron chi connectivity index (χ0n) is 31.6. The van der Waals surface area contributed by atoms with Gasteiger partial charge in [0, 0.05) is 19.6 Å². The summed E-state index contributed by atoms with van der Waals surface area (Å²) in [6, 6.07) is 0.